The molecule has 1 aliphatic heterocycles. The smallest absolute Gasteiger partial charge is 0.220 e. The van der Waals surface area contributed by atoms with Gasteiger partial charge in [0.05, 0.1) is 5.69 Å². The number of rotatable bonds is 7. The fraction of sp³-hybridized carbons (Fsp3) is 0.778. The molecule has 0 spiro atoms. The van der Waals surface area contributed by atoms with Crippen LogP contribution in [-0.2, 0) is 15.8 Å². The molecule has 27 heavy (non-hydrogen) atoms. The average Bonchev–Trinajstić information content (AvgIpc) is 3.57. The second-order valence-corrected chi connectivity index (χ2v) is 9.91. The van der Waals surface area contributed by atoms with Crippen LogP contribution < -0.4 is 5.32 Å². The lowest BCUT2D eigenvalue weighted by molar-refractivity contribution is 0.259. The van der Waals surface area contributed by atoms with Gasteiger partial charge in [-0.05, 0) is 43.9 Å². The van der Waals surface area contributed by atoms with Gasteiger partial charge in [0.25, 0.3) is 0 Å². The summed E-state index contributed by atoms with van der Waals surface area (Å²) in [7, 11) is -3.37. The summed E-state index contributed by atoms with van der Waals surface area (Å²) in [5.41, 5.74) is 0.922. The van der Waals surface area contributed by atoms with E-state index in [4.69, 9.17) is 9.52 Å². The van der Waals surface area contributed by atoms with E-state index in [0.29, 0.717) is 37.3 Å². The molecule has 3 aliphatic rings. The highest BCUT2D eigenvalue weighted by Gasteiger charge is 2.53. The Balaban J connectivity index is 1.35. The Morgan fingerprint density at radius 2 is 2.07 bits per heavy atom. The zero-order chi connectivity index (χ0) is 18.9. The third kappa shape index (κ3) is 4.29. The van der Waals surface area contributed by atoms with Crippen LogP contribution >= 0.6 is 0 Å². The molecule has 9 heteroatoms. The number of aliphatic imine (C=N–C) groups is 1. The molecule has 0 amide bonds. The molecular weight excluding hydrogens is 366 g/mol. The zero-order valence-corrected chi connectivity index (χ0v) is 16.7. The first-order chi connectivity index (χ1) is 13.0. The zero-order valence-electron chi connectivity index (χ0n) is 15.9. The molecule has 0 radical (unpaired) electrons. The molecule has 0 aromatic carbocycles. The molecule has 1 aromatic heterocycles. The van der Waals surface area contributed by atoms with Crippen molar-refractivity contribution in [3.05, 3.63) is 18.0 Å². The van der Waals surface area contributed by atoms with E-state index in [1.807, 2.05) is 0 Å². The summed E-state index contributed by atoms with van der Waals surface area (Å²) in [5, 5.41) is 7.10. The van der Waals surface area contributed by atoms with E-state index in [-0.39, 0.29) is 5.75 Å². The highest BCUT2D eigenvalue weighted by atomic mass is 32.2. The summed E-state index contributed by atoms with van der Waals surface area (Å²) in [4.78, 5) is 7.11. The van der Waals surface area contributed by atoms with Gasteiger partial charge in [-0.25, -0.2) is 8.42 Å². The maximum atomic E-state index is 12.6. The lowest BCUT2D eigenvalue weighted by Gasteiger charge is -2.36. The van der Waals surface area contributed by atoms with Crippen molar-refractivity contribution < 1.29 is 12.9 Å². The van der Waals surface area contributed by atoms with Crippen LogP contribution in [0.2, 0.25) is 0 Å². The largest absolute Gasteiger partial charge is 0.364 e. The lowest BCUT2D eigenvalue weighted by Crippen LogP contribution is -2.54. The van der Waals surface area contributed by atoms with E-state index in [1.165, 1.54) is 31.9 Å². The predicted octanol–water partition coefficient (Wildman–Crippen LogP) is 1.28. The fourth-order valence-corrected chi connectivity index (χ4v) is 5.40. The van der Waals surface area contributed by atoms with Gasteiger partial charge in [0, 0.05) is 45.3 Å². The van der Waals surface area contributed by atoms with Crippen LogP contribution in [0, 0.1) is 11.3 Å². The second kappa shape index (κ2) is 7.43. The molecule has 2 heterocycles. The highest BCUT2D eigenvalue weighted by molar-refractivity contribution is 7.88. The van der Waals surface area contributed by atoms with Gasteiger partial charge in [-0.2, -0.15) is 4.31 Å². The van der Waals surface area contributed by atoms with Crippen LogP contribution in [0.4, 0.5) is 0 Å². The number of aromatic nitrogens is 1. The molecule has 0 unspecified atom stereocenters. The maximum absolute atomic E-state index is 12.6. The summed E-state index contributed by atoms with van der Waals surface area (Å²) in [6.07, 6.45) is 6.77. The van der Waals surface area contributed by atoms with E-state index in [0.717, 1.165) is 25.0 Å². The van der Waals surface area contributed by atoms with E-state index in [1.54, 1.807) is 10.4 Å². The Kier molecular flexibility index (Phi) is 5.15. The van der Waals surface area contributed by atoms with E-state index < -0.39 is 10.0 Å². The first-order valence-corrected chi connectivity index (χ1v) is 11.5. The fourth-order valence-electron chi connectivity index (χ4n) is 3.98. The van der Waals surface area contributed by atoms with Crippen LogP contribution in [0.25, 0.3) is 0 Å². The molecule has 150 valence electrons. The quantitative estimate of drug-likeness (QED) is 0.552. The van der Waals surface area contributed by atoms with Crippen LogP contribution in [0.5, 0.6) is 0 Å². The Bertz CT molecular complexity index is 761. The van der Waals surface area contributed by atoms with Gasteiger partial charge in [-0.15, -0.1) is 0 Å². The SMILES string of the molecule is CCNC(=NCC1(C2CC2)CC1)N1CCN(S(=O)(=O)Cc2ccon2)CC1. The van der Waals surface area contributed by atoms with Gasteiger partial charge in [-0.3, -0.25) is 4.99 Å². The molecular formula is C18H29N5O3S. The number of guanidine groups is 1. The van der Waals surface area contributed by atoms with Crippen LogP contribution in [0.15, 0.2) is 21.8 Å². The van der Waals surface area contributed by atoms with Crippen molar-refractivity contribution in [2.75, 3.05) is 39.3 Å². The summed E-state index contributed by atoms with van der Waals surface area (Å²) in [6, 6.07) is 1.59. The van der Waals surface area contributed by atoms with Gasteiger partial charge < -0.3 is 14.7 Å². The summed E-state index contributed by atoms with van der Waals surface area (Å²) >= 11 is 0. The Morgan fingerprint density at radius 3 is 2.63 bits per heavy atom. The Labute approximate surface area is 161 Å². The maximum Gasteiger partial charge on any atom is 0.220 e. The number of nitrogens with zero attached hydrogens (tertiary/aromatic N) is 4. The molecule has 2 aliphatic carbocycles. The molecule has 2 saturated carbocycles. The molecule has 8 nitrogen and oxygen atoms in total. The monoisotopic (exact) mass is 395 g/mol. The van der Waals surface area contributed by atoms with Crippen molar-refractivity contribution in [3.8, 4) is 0 Å². The van der Waals surface area contributed by atoms with Crippen LogP contribution in [-0.4, -0.2) is 68.0 Å². The van der Waals surface area contributed by atoms with Crippen molar-refractivity contribution in [2.45, 2.75) is 38.4 Å². The van der Waals surface area contributed by atoms with Crippen molar-refractivity contribution in [2.24, 2.45) is 16.3 Å². The van der Waals surface area contributed by atoms with Gasteiger partial charge in [-0.1, -0.05) is 5.16 Å². The van der Waals surface area contributed by atoms with Crippen molar-refractivity contribution in [1.82, 2.24) is 19.7 Å². The number of sulfonamides is 1. The molecule has 1 saturated heterocycles. The van der Waals surface area contributed by atoms with Gasteiger partial charge in [0.1, 0.15) is 12.0 Å². The number of nitrogens with one attached hydrogen (secondary N) is 1. The molecule has 1 aromatic rings. The Hall–Kier alpha value is -1.61. The van der Waals surface area contributed by atoms with Gasteiger partial charge in [0.2, 0.25) is 10.0 Å². The number of hydrogen-bond acceptors (Lipinski definition) is 5. The molecule has 3 fully saturated rings. The van der Waals surface area contributed by atoms with E-state index >= 15 is 0 Å². The van der Waals surface area contributed by atoms with E-state index in [2.05, 4.69) is 22.3 Å². The minimum absolute atomic E-state index is 0.110. The highest BCUT2D eigenvalue weighted by Crippen LogP contribution is 2.61. The summed E-state index contributed by atoms with van der Waals surface area (Å²) in [6.45, 7) is 6.05. The first kappa shape index (κ1) is 18.7. The van der Waals surface area contributed by atoms with Crippen molar-refractivity contribution in [1.29, 1.82) is 0 Å². The first-order valence-electron chi connectivity index (χ1n) is 9.93. The van der Waals surface area contributed by atoms with Crippen molar-refractivity contribution in [3.63, 3.8) is 0 Å². The van der Waals surface area contributed by atoms with E-state index in [9.17, 15) is 8.42 Å². The van der Waals surface area contributed by atoms with Gasteiger partial charge in [0.15, 0.2) is 5.96 Å². The minimum Gasteiger partial charge on any atom is -0.364 e. The molecule has 0 bridgehead atoms. The predicted molar refractivity (Wildman–Crippen MR) is 103 cm³/mol. The normalized spacial score (nSPS) is 23.4. The Morgan fingerprint density at radius 1 is 1.33 bits per heavy atom. The number of hydrogen-bond donors (Lipinski definition) is 1. The number of piperazine rings is 1. The van der Waals surface area contributed by atoms with Gasteiger partial charge >= 0.3 is 0 Å². The molecule has 1 N–H and O–H groups in total. The van der Waals surface area contributed by atoms with Crippen LogP contribution in [0.1, 0.15) is 38.3 Å². The summed E-state index contributed by atoms with van der Waals surface area (Å²) in [5.74, 6) is 1.71. The van der Waals surface area contributed by atoms with Crippen molar-refractivity contribution >= 4 is 16.0 Å². The third-order valence-electron chi connectivity index (χ3n) is 5.97. The standard InChI is InChI=1S/C18H29N5O3S/c1-2-19-17(20-14-18(6-7-18)15-3-4-15)22-8-10-23(11-9-22)27(24,25)13-16-5-12-26-21-16/h5,12,15H,2-4,6-11,13-14H2,1H3,(H,19,20). The second-order valence-electron chi connectivity index (χ2n) is 7.94. The molecule has 4 rings (SSSR count). The third-order valence-corrected chi connectivity index (χ3v) is 7.78. The van der Waals surface area contributed by atoms with Crippen LogP contribution in [0.3, 0.4) is 0 Å². The summed E-state index contributed by atoms with van der Waals surface area (Å²) < 4.78 is 31.5. The topological polar surface area (TPSA) is 91.0 Å². The minimum atomic E-state index is -3.37. The lowest BCUT2D eigenvalue weighted by atomic mass is 10.0. The molecule has 0 atom stereocenters. The average molecular weight is 396 g/mol.